The van der Waals surface area contributed by atoms with Crippen molar-refractivity contribution in [2.45, 2.75) is 32.2 Å². The molecule has 2 atom stereocenters. The van der Waals surface area contributed by atoms with E-state index < -0.39 is 0 Å². The van der Waals surface area contributed by atoms with Gasteiger partial charge in [-0.2, -0.15) is 0 Å². The third-order valence-electron chi connectivity index (χ3n) is 3.79. The Morgan fingerprint density at radius 3 is 2.48 bits per heavy atom. The van der Waals surface area contributed by atoms with Crippen LogP contribution in [0.5, 0.6) is 5.75 Å². The summed E-state index contributed by atoms with van der Waals surface area (Å²) in [4.78, 5) is 4.32. The quantitative estimate of drug-likeness (QED) is 0.836. The van der Waals surface area contributed by atoms with Gasteiger partial charge in [0.15, 0.2) is 0 Å². The number of ether oxygens (including phenoxy) is 1. The number of hydrogen-bond acceptors (Lipinski definition) is 3. The van der Waals surface area contributed by atoms with Crippen LogP contribution in [0.1, 0.15) is 43.4 Å². The number of likely N-dealkylation sites (N-methyl/N-ethyl adjacent to an activating group) is 1. The first-order chi connectivity index (χ1) is 10.3. The summed E-state index contributed by atoms with van der Waals surface area (Å²) >= 11 is 0. The minimum absolute atomic E-state index is 0.227. The second-order valence-corrected chi connectivity index (χ2v) is 5.08. The maximum atomic E-state index is 5.57. The molecule has 3 nitrogen and oxygen atoms in total. The molecule has 0 amide bonds. The number of benzene rings is 1. The minimum Gasteiger partial charge on any atom is -0.492 e. The van der Waals surface area contributed by atoms with Crippen LogP contribution >= 0.6 is 0 Å². The predicted molar refractivity (Wildman–Crippen MR) is 86.7 cm³/mol. The Hall–Kier alpha value is -1.87. The van der Waals surface area contributed by atoms with Gasteiger partial charge in [-0.1, -0.05) is 37.3 Å². The predicted octanol–water partition coefficient (Wildman–Crippen LogP) is 3.93. The summed E-state index contributed by atoms with van der Waals surface area (Å²) in [5, 5.41) is 3.44. The van der Waals surface area contributed by atoms with Gasteiger partial charge in [-0.25, -0.2) is 0 Å². The molecule has 2 rings (SSSR count). The first kappa shape index (κ1) is 15.5. The Bertz CT molecular complexity index is 542. The van der Waals surface area contributed by atoms with Crippen molar-refractivity contribution in [2.24, 2.45) is 0 Å². The fraction of sp³-hybridized carbons (Fsp3) is 0.389. The molecule has 0 aliphatic carbocycles. The molecule has 1 aromatic carbocycles. The van der Waals surface area contributed by atoms with Crippen molar-refractivity contribution in [1.29, 1.82) is 0 Å². The van der Waals surface area contributed by atoms with Gasteiger partial charge in [-0.15, -0.1) is 0 Å². The molecule has 0 saturated carbocycles. The van der Waals surface area contributed by atoms with E-state index in [2.05, 4.69) is 53.6 Å². The molecule has 0 bridgehead atoms. The topological polar surface area (TPSA) is 34.1 Å². The number of nitrogens with zero attached hydrogens (tertiary/aromatic N) is 1. The molecule has 21 heavy (non-hydrogen) atoms. The molecule has 0 aliphatic heterocycles. The molecule has 2 aromatic rings. The third kappa shape index (κ3) is 3.82. The van der Waals surface area contributed by atoms with Crippen LogP contribution in [0.15, 0.2) is 48.8 Å². The fourth-order valence-corrected chi connectivity index (χ4v) is 2.82. The standard InChI is InChI=1S/C18H24N2O/c1-4-17(14-9-7-6-8-10-14)18(19-3)15-11-16(21-5-2)13-20-12-15/h6-13,17-19H,4-5H2,1-3H3. The zero-order valence-corrected chi connectivity index (χ0v) is 13.0. The van der Waals surface area contributed by atoms with Crippen molar-refractivity contribution in [3.63, 3.8) is 0 Å². The fourth-order valence-electron chi connectivity index (χ4n) is 2.82. The lowest BCUT2D eigenvalue weighted by Crippen LogP contribution is -2.24. The number of nitrogens with one attached hydrogen (secondary N) is 1. The van der Waals surface area contributed by atoms with Crippen molar-refractivity contribution in [3.05, 3.63) is 59.9 Å². The average molecular weight is 284 g/mol. The summed E-state index contributed by atoms with van der Waals surface area (Å²) in [7, 11) is 2.00. The summed E-state index contributed by atoms with van der Waals surface area (Å²) in [5.41, 5.74) is 2.51. The van der Waals surface area contributed by atoms with Gasteiger partial charge in [0, 0.05) is 18.2 Å². The van der Waals surface area contributed by atoms with E-state index in [4.69, 9.17) is 4.74 Å². The molecule has 0 spiro atoms. The second-order valence-electron chi connectivity index (χ2n) is 5.08. The maximum Gasteiger partial charge on any atom is 0.137 e. The second kappa shape index (κ2) is 7.79. The third-order valence-corrected chi connectivity index (χ3v) is 3.79. The van der Waals surface area contributed by atoms with Crippen molar-refractivity contribution in [2.75, 3.05) is 13.7 Å². The van der Waals surface area contributed by atoms with Gasteiger partial charge in [0.1, 0.15) is 5.75 Å². The number of aromatic nitrogens is 1. The van der Waals surface area contributed by atoms with Crippen LogP contribution in [0.4, 0.5) is 0 Å². The lowest BCUT2D eigenvalue weighted by Gasteiger charge is -2.27. The molecule has 1 heterocycles. The Morgan fingerprint density at radius 2 is 1.86 bits per heavy atom. The molecule has 3 heteroatoms. The lowest BCUT2D eigenvalue weighted by molar-refractivity contribution is 0.337. The van der Waals surface area contributed by atoms with Crippen LogP contribution in [0.3, 0.4) is 0 Å². The Morgan fingerprint density at radius 1 is 1.10 bits per heavy atom. The van der Waals surface area contributed by atoms with Crippen LogP contribution in [0, 0.1) is 0 Å². The van der Waals surface area contributed by atoms with Crippen LogP contribution < -0.4 is 10.1 Å². The first-order valence-electron chi connectivity index (χ1n) is 7.60. The maximum absolute atomic E-state index is 5.57. The number of hydrogen-bond donors (Lipinski definition) is 1. The van der Waals surface area contributed by atoms with Crippen molar-refractivity contribution >= 4 is 0 Å². The van der Waals surface area contributed by atoms with E-state index in [1.54, 1.807) is 6.20 Å². The summed E-state index contributed by atoms with van der Waals surface area (Å²) in [6.07, 6.45) is 4.76. The zero-order chi connectivity index (χ0) is 15.1. The summed E-state index contributed by atoms with van der Waals surface area (Å²) in [6.45, 7) is 4.87. The van der Waals surface area contributed by atoms with Gasteiger partial charge in [0.05, 0.1) is 12.8 Å². The molecule has 0 radical (unpaired) electrons. The Labute approximate surface area is 127 Å². The largest absolute Gasteiger partial charge is 0.492 e. The average Bonchev–Trinajstić information content (AvgIpc) is 2.54. The van der Waals surface area contributed by atoms with Gasteiger partial charge in [-0.05, 0) is 37.6 Å². The Balaban J connectivity index is 2.31. The SMILES string of the molecule is CCOc1cncc(C(NC)C(CC)c2ccccc2)c1. The molecular formula is C18H24N2O. The van der Waals surface area contributed by atoms with E-state index in [1.165, 1.54) is 11.1 Å². The van der Waals surface area contributed by atoms with Gasteiger partial charge in [0.2, 0.25) is 0 Å². The van der Waals surface area contributed by atoms with Crippen molar-refractivity contribution < 1.29 is 4.74 Å². The monoisotopic (exact) mass is 284 g/mol. The molecule has 112 valence electrons. The molecule has 1 aromatic heterocycles. The van der Waals surface area contributed by atoms with Crippen LogP contribution in [0.2, 0.25) is 0 Å². The highest BCUT2D eigenvalue weighted by molar-refractivity contribution is 5.30. The van der Waals surface area contributed by atoms with Gasteiger partial charge >= 0.3 is 0 Å². The molecule has 2 unspecified atom stereocenters. The summed E-state index contributed by atoms with van der Waals surface area (Å²) < 4.78 is 5.57. The molecule has 1 N–H and O–H groups in total. The molecule has 0 saturated heterocycles. The normalized spacial score (nSPS) is 13.7. The zero-order valence-electron chi connectivity index (χ0n) is 13.0. The lowest BCUT2D eigenvalue weighted by atomic mass is 9.86. The number of rotatable bonds is 7. The summed E-state index contributed by atoms with van der Waals surface area (Å²) in [6, 6.07) is 13.0. The van der Waals surface area contributed by atoms with E-state index in [0.717, 1.165) is 12.2 Å². The molecule has 0 fully saturated rings. The van der Waals surface area contributed by atoms with Gasteiger partial charge in [-0.3, -0.25) is 4.98 Å². The molecule has 0 aliphatic rings. The van der Waals surface area contributed by atoms with E-state index in [9.17, 15) is 0 Å². The van der Waals surface area contributed by atoms with Crippen LogP contribution in [-0.2, 0) is 0 Å². The van der Waals surface area contributed by atoms with E-state index in [-0.39, 0.29) is 6.04 Å². The van der Waals surface area contributed by atoms with E-state index in [1.807, 2.05) is 20.2 Å². The summed E-state index contributed by atoms with van der Waals surface area (Å²) in [5.74, 6) is 1.24. The van der Waals surface area contributed by atoms with Crippen LogP contribution in [0.25, 0.3) is 0 Å². The van der Waals surface area contributed by atoms with Crippen molar-refractivity contribution in [3.8, 4) is 5.75 Å². The van der Waals surface area contributed by atoms with E-state index in [0.29, 0.717) is 12.5 Å². The smallest absolute Gasteiger partial charge is 0.137 e. The number of pyridine rings is 1. The van der Waals surface area contributed by atoms with Crippen molar-refractivity contribution in [1.82, 2.24) is 10.3 Å². The molecular weight excluding hydrogens is 260 g/mol. The minimum atomic E-state index is 0.227. The Kier molecular flexibility index (Phi) is 5.76. The highest BCUT2D eigenvalue weighted by Crippen LogP contribution is 2.34. The van der Waals surface area contributed by atoms with Gasteiger partial charge < -0.3 is 10.1 Å². The van der Waals surface area contributed by atoms with Gasteiger partial charge in [0.25, 0.3) is 0 Å². The van der Waals surface area contributed by atoms with Crippen LogP contribution in [-0.4, -0.2) is 18.6 Å². The highest BCUT2D eigenvalue weighted by atomic mass is 16.5. The highest BCUT2D eigenvalue weighted by Gasteiger charge is 2.22. The first-order valence-corrected chi connectivity index (χ1v) is 7.60. The van der Waals surface area contributed by atoms with E-state index >= 15 is 0 Å².